The first-order valence-electron chi connectivity index (χ1n) is 8.15. The van der Waals surface area contributed by atoms with Crippen LogP contribution in [-0.4, -0.2) is 47.5 Å². The second-order valence-corrected chi connectivity index (χ2v) is 6.67. The molecule has 4 rings (SSSR count). The smallest absolute Gasteiger partial charge is 0.0452 e. The van der Waals surface area contributed by atoms with Crippen molar-refractivity contribution in [1.82, 2.24) is 9.88 Å². The van der Waals surface area contributed by atoms with Gasteiger partial charge in [0.2, 0.25) is 0 Å². The lowest BCUT2D eigenvalue weighted by Gasteiger charge is -2.42. The van der Waals surface area contributed by atoms with Crippen LogP contribution in [0, 0.1) is 0 Å². The number of piperidine rings is 1. The Hall–Kier alpha value is -1.52. The van der Waals surface area contributed by atoms with Crippen molar-refractivity contribution >= 4 is 34.0 Å². The summed E-state index contributed by atoms with van der Waals surface area (Å²) >= 11 is 5.04. The lowest BCUT2D eigenvalue weighted by Crippen LogP contribution is -2.49. The maximum Gasteiger partial charge on any atom is 0.0452 e. The molecule has 114 valence electrons. The highest BCUT2D eigenvalue weighted by Gasteiger charge is 2.28. The molecule has 2 aromatic rings. The van der Waals surface area contributed by atoms with Gasteiger partial charge in [-0.1, -0.05) is 24.4 Å². The molecule has 0 N–H and O–H groups in total. The highest BCUT2D eigenvalue weighted by atomic mass is 32.1. The molecule has 2 aliphatic heterocycles. The monoisotopic (exact) mass is 311 g/mol. The third kappa shape index (κ3) is 2.40. The maximum atomic E-state index is 5.04. The van der Waals surface area contributed by atoms with Crippen LogP contribution < -0.4 is 4.90 Å². The Morgan fingerprint density at radius 2 is 2.23 bits per heavy atom. The first-order chi connectivity index (χ1) is 10.9. The predicted molar refractivity (Wildman–Crippen MR) is 95.9 cm³/mol. The second kappa shape index (κ2) is 5.94. The van der Waals surface area contributed by atoms with Crippen LogP contribution in [0.1, 0.15) is 18.4 Å². The van der Waals surface area contributed by atoms with E-state index in [1.165, 1.54) is 41.4 Å². The summed E-state index contributed by atoms with van der Waals surface area (Å²) in [7, 11) is 0. The number of hydrogen-bond donors (Lipinski definition) is 0. The van der Waals surface area contributed by atoms with Gasteiger partial charge in [0.05, 0.1) is 0 Å². The third-order valence-corrected chi connectivity index (χ3v) is 5.17. The van der Waals surface area contributed by atoms with Crippen molar-refractivity contribution in [3.8, 4) is 0 Å². The molecule has 3 nitrogen and oxygen atoms in total. The summed E-state index contributed by atoms with van der Waals surface area (Å²) in [5.41, 5.74) is 2.80. The van der Waals surface area contributed by atoms with E-state index in [1.54, 1.807) is 0 Å². The average molecular weight is 311 g/mol. The van der Waals surface area contributed by atoms with Crippen LogP contribution in [0.4, 0.5) is 5.69 Å². The van der Waals surface area contributed by atoms with Crippen molar-refractivity contribution in [2.75, 3.05) is 31.1 Å². The SMILES string of the molecule is S=CCN1CCCC(N2CCc3cncc4cccc2c34)C1. The third-order valence-electron chi connectivity index (χ3n) is 5.03. The van der Waals surface area contributed by atoms with Gasteiger partial charge >= 0.3 is 0 Å². The number of thiocarbonyl (C=S) groups is 1. The predicted octanol–water partition coefficient (Wildman–Crippen LogP) is 3.06. The molecule has 1 atom stereocenters. The van der Waals surface area contributed by atoms with E-state index >= 15 is 0 Å². The van der Waals surface area contributed by atoms with E-state index in [0.717, 1.165) is 26.1 Å². The minimum atomic E-state index is 0.607. The zero-order valence-corrected chi connectivity index (χ0v) is 13.6. The Labute approximate surface area is 136 Å². The maximum absolute atomic E-state index is 5.04. The number of rotatable bonds is 3. The van der Waals surface area contributed by atoms with E-state index in [9.17, 15) is 0 Å². The number of anilines is 1. The molecule has 0 bridgehead atoms. The first kappa shape index (κ1) is 14.1. The summed E-state index contributed by atoms with van der Waals surface area (Å²) in [6.45, 7) is 4.35. The van der Waals surface area contributed by atoms with Gasteiger partial charge in [0.15, 0.2) is 0 Å². The summed E-state index contributed by atoms with van der Waals surface area (Å²) in [5, 5.41) is 4.54. The Bertz CT molecular complexity index is 695. The van der Waals surface area contributed by atoms with Gasteiger partial charge in [-0.3, -0.25) is 9.88 Å². The first-order valence-corrected chi connectivity index (χ1v) is 8.62. The number of likely N-dealkylation sites (tertiary alicyclic amines) is 1. The van der Waals surface area contributed by atoms with Gasteiger partial charge in [-0.25, -0.2) is 0 Å². The minimum absolute atomic E-state index is 0.607. The molecule has 22 heavy (non-hydrogen) atoms. The Morgan fingerprint density at radius 1 is 1.27 bits per heavy atom. The van der Waals surface area contributed by atoms with Crippen LogP contribution in [0.15, 0.2) is 30.6 Å². The van der Waals surface area contributed by atoms with Crippen molar-refractivity contribution in [3.63, 3.8) is 0 Å². The number of aromatic nitrogens is 1. The molecule has 0 aliphatic carbocycles. The van der Waals surface area contributed by atoms with Crippen LogP contribution in [0.3, 0.4) is 0 Å². The summed E-state index contributed by atoms with van der Waals surface area (Å²) in [6.07, 6.45) is 7.69. The standard InChI is InChI=1S/C18H21N3S/c22-10-9-20-7-2-4-16(13-20)21-8-6-15-12-19-11-14-3-1-5-17(21)18(14)15/h1,3,5,10-12,16H,2,4,6-9,13H2. The number of pyridine rings is 1. The van der Waals surface area contributed by atoms with Crippen LogP contribution in [0.2, 0.25) is 0 Å². The zero-order chi connectivity index (χ0) is 14.9. The molecule has 4 heteroatoms. The summed E-state index contributed by atoms with van der Waals surface area (Å²) in [5.74, 6) is 0. The van der Waals surface area contributed by atoms with Crippen LogP contribution in [0.5, 0.6) is 0 Å². The van der Waals surface area contributed by atoms with E-state index < -0.39 is 0 Å². The van der Waals surface area contributed by atoms with Gasteiger partial charge in [-0.15, -0.1) is 0 Å². The topological polar surface area (TPSA) is 19.4 Å². The molecule has 0 radical (unpaired) electrons. The lowest BCUT2D eigenvalue weighted by molar-refractivity contribution is 0.230. The highest BCUT2D eigenvalue weighted by molar-refractivity contribution is 7.79. The average Bonchev–Trinajstić information content (AvgIpc) is 2.56. The van der Waals surface area contributed by atoms with Gasteiger partial charge in [-0.2, -0.15) is 0 Å². The molecular formula is C18H21N3S. The van der Waals surface area contributed by atoms with E-state index in [2.05, 4.69) is 33.0 Å². The fraction of sp³-hybridized carbons (Fsp3) is 0.444. The summed E-state index contributed by atoms with van der Waals surface area (Å²) in [4.78, 5) is 9.51. The van der Waals surface area contributed by atoms with Gasteiger partial charge < -0.3 is 4.90 Å². The van der Waals surface area contributed by atoms with Crippen molar-refractivity contribution in [1.29, 1.82) is 0 Å². The molecule has 0 saturated carbocycles. The fourth-order valence-corrected chi connectivity index (χ4v) is 4.22. The van der Waals surface area contributed by atoms with Gasteiger partial charge in [-0.05, 0) is 42.8 Å². The molecule has 2 aliphatic rings. The second-order valence-electron chi connectivity index (χ2n) is 6.34. The van der Waals surface area contributed by atoms with Crippen molar-refractivity contribution in [2.24, 2.45) is 0 Å². The lowest BCUT2D eigenvalue weighted by atomic mass is 9.95. The van der Waals surface area contributed by atoms with Crippen molar-refractivity contribution in [3.05, 3.63) is 36.2 Å². The summed E-state index contributed by atoms with van der Waals surface area (Å²) in [6, 6.07) is 7.23. The van der Waals surface area contributed by atoms with Crippen molar-refractivity contribution in [2.45, 2.75) is 25.3 Å². The number of nitrogens with zero attached hydrogens (tertiary/aromatic N) is 3. The van der Waals surface area contributed by atoms with E-state index in [1.807, 2.05) is 17.8 Å². The van der Waals surface area contributed by atoms with E-state index in [-0.39, 0.29) is 0 Å². The minimum Gasteiger partial charge on any atom is -0.366 e. The molecule has 0 spiro atoms. The van der Waals surface area contributed by atoms with Gasteiger partial charge in [0, 0.05) is 54.5 Å². The fourth-order valence-electron chi connectivity index (χ4n) is 4.01. The van der Waals surface area contributed by atoms with E-state index in [4.69, 9.17) is 12.2 Å². The Balaban J connectivity index is 1.69. The molecular weight excluding hydrogens is 290 g/mol. The Kier molecular flexibility index (Phi) is 3.80. The molecule has 3 heterocycles. The summed E-state index contributed by atoms with van der Waals surface area (Å²) < 4.78 is 0. The zero-order valence-electron chi connectivity index (χ0n) is 12.7. The molecule has 1 unspecified atom stereocenters. The molecule has 1 aromatic heterocycles. The largest absolute Gasteiger partial charge is 0.366 e. The molecule has 1 aromatic carbocycles. The quantitative estimate of drug-likeness (QED) is 0.811. The van der Waals surface area contributed by atoms with E-state index in [0.29, 0.717) is 6.04 Å². The normalized spacial score (nSPS) is 22.0. The van der Waals surface area contributed by atoms with Gasteiger partial charge in [0.25, 0.3) is 0 Å². The number of hydrogen-bond acceptors (Lipinski definition) is 4. The molecule has 0 amide bonds. The van der Waals surface area contributed by atoms with Crippen molar-refractivity contribution < 1.29 is 0 Å². The molecule has 1 saturated heterocycles. The highest BCUT2D eigenvalue weighted by Crippen LogP contribution is 2.35. The Morgan fingerprint density at radius 3 is 3.14 bits per heavy atom. The van der Waals surface area contributed by atoms with Crippen LogP contribution in [-0.2, 0) is 6.42 Å². The van der Waals surface area contributed by atoms with Crippen LogP contribution in [0.25, 0.3) is 10.8 Å². The van der Waals surface area contributed by atoms with Gasteiger partial charge in [0.1, 0.15) is 0 Å². The molecule has 1 fully saturated rings. The number of benzene rings is 1. The van der Waals surface area contributed by atoms with Crippen LogP contribution >= 0.6 is 12.2 Å².